The Bertz CT molecular complexity index is 368. The lowest BCUT2D eigenvalue weighted by Gasteiger charge is -2.43. The summed E-state index contributed by atoms with van der Waals surface area (Å²) in [7, 11) is 0. The first-order chi connectivity index (χ1) is 8.90. The summed E-state index contributed by atoms with van der Waals surface area (Å²) in [5.41, 5.74) is 6.04. The van der Waals surface area contributed by atoms with E-state index in [9.17, 15) is 9.59 Å². The molecule has 19 heavy (non-hydrogen) atoms. The quantitative estimate of drug-likeness (QED) is 0.796. The van der Waals surface area contributed by atoms with Gasteiger partial charge < -0.3 is 15.5 Å². The second kappa shape index (κ2) is 5.49. The molecule has 0 aliphatic carbocycles. The zero-order valence-electron chi connectivity index (χ0n) is 12.0. The maximum atomic E-state index is 12.3. The molecule has 0 aromatic rings. The standard InChI is InChI=1S/C14H25N3O2/c1-14(2)10-17(8-6-11(14)15)13(19)9-16-7-4-3-5-12(16)18/h11H,3-10,15H2,1-2H3. The Morgan fingerprint density at radius 2 is 2.11 bits per heavy atom. The number of carbonyl (C=O) groups excluding carboxylic acids is 2. The van der Waals surface area contributed by atoms with Gasteiger partial charge in [0.25, 0.3) is 0 Å². The first-order valence-electron chi connectivity index (χ1n) is 7.21. The summed E-state index contributed by atoms with van der Waals surface area (Å²) in [5.74, 6) is 0.183. The van der Waals surface area contributed by atoms with Gasteiger partial charge in [-0.05, 0) is 24.7 Å². The van der Waals surface area contributed by atoms with Crippen LogP contribution in [-0.2, 0) is 9.59 Å². The number of piperidine rings is 2. The minimum absolute atomic E-state index is 0.0418. The van der Waals surface area contributed by atoms with E-state index < -0.39 is 0 Å². The average molecular weight is 267 g/mol. The summed E-state index contributed by atoms with van der Waals surface area (Å²) in [5, 5.41) is 0. The summed E-state index contributed by atoms with van der Waals surface area (Å²) in [6.07, 6.45) is 3.39. The Labute approximate surface area is 115 Å². The Kier molecular flexibility index (Phi) is 4.13. The van der Waals surface area contributed by atoms with E-state index in [1.165, 1.54) is 0 Å². The molecule has 0 spiro atoms. The predicted molar refractivity (Wildman–Crippen MR) is 73.4 cm³/mol. The number of carbonyl (C=O) groups is 2. The molecule has 2 aliphatic heterocycles. The fourth-order valence-corrected chi connectivity index (χ4v) is 2.88. The molecule has 2 aliphatic rings. The summed E-state index contributed by atoms with van der Waals surface area (Å²) < 4.78 is 0. The summed E-state index contributed by atoms with van der Waals surface area (Å²) >= 11 is 0. The van der Waals surface area contributed by atoms with Crippen LogP contribution in [-0.4, -0.2) is 53.8 Å². The molecule has 0 aromatic carbocycles. The van der Waals surface area contributed by atoms with Crippen LogP contribution >= 0.6 is 0 Å². The molecular weight excluding hydrogens is 242 g/mol. The highest BCUT2D eigenvalue weighted by Crippen LogP contribution is 2.27. The third-order valence-corrected chi connectivity index (χ3v) is 4.41. The van der Waals surface area contributed by atoms with Crippen molar-refractivity contribution >= 4 is 11.8 Å². The highest BCUT2D eigenvalue weighted by Gasteiger charge is 2.36. The van der Waals surface area contributed by atoms with Crippen molar-refractivity contribution < 1.29 is 9.59 Å². The molecule has 0 aromatic heterocycles. The van der Waals surface area contributed by atoms with Gasteiger partial charge in [0.2, 0.25) is 11.8 Å². The monoisotopic (exact) mass is 267 g/mol. The first kappa shape index (κ1) is 14.3. The fourth-order valence-electron chi connectivity index (χ4n) is 2.88. The molecule has 2 amide bonds. The molecule has 2 fully saturated rings. The summed E-state index contributed by atoms with van der Waals surface area (Å²) in [4.78, 5) is 27.6. The van der Waals surface area contributed by atoms with Crippen molar-refractivity contribution in [2.24, 2.45) is 11.1 Å². The highest BCUT2D eigenvalue weighted by molar-refractivity contribution is 5.85. The van der Waals surface area contributed by atoms with Crippen molar-refractivity contribution in [1.82, 2.24) is 9.80 Å². The van der Waals surface area contributed by atoms with Crippen molar-refractivity contribution in [3.63, 3.8) is 0 Å². The minimum atomic E-state index is -0.0418. The molecule has 1 atom stereocenters. The van der Waals surface area contributed by atoms with E-state index >= 15 is 0 Å². The molecule has 0 saturated carbocycles. The molecule has 5 nitrogen and oxygen atoms in total. The van der Waals surface area contributed by atoms with Gasteiger partial charge in [0.1, 0.15) is 0 Å². The molecule has 108 valence electrons. The van der Waals surface area contributed by atoms with E-state index in [-0.39, 0.29) is 29.8 Å². The van der Waals surface area contributed by atoms with Crippen molar-refractivity contribution in [3.05, 3.63) is 0 Å². The zero-order valence-corrected chi connectivity index (χ0v) is 12.0. The second-order valence-electron chi connectivity index (χ2n) is 6.47. The third-order valence-electron chi connectivity index (χ3n) is 4.41. The van der Waals surface area contributed by atoms with E-state index in [4.69, 9.17) is 5.73 Å². The van der Waals surface area contributed by atoms with Crippen LogP contribution in [0.5, 0.6) is 0 Å². The van der Waals surface area contributed by atoms with E-state index in [2.05, 4.69) is 13.8 Å². The van der Waals surface area contributed by atoms with Crippen molar-refractivity contribution in [2.75, 3.05) is 26.2 Å². The number of hydrogen-bond donors (Lipinski definition) is 1. The van der Waals surface area contributed by atoms with Crippen LogP contribution in [0.25, 0.3) is 0 Å². The van der Waals surface area contributed by atoms with Crippen LogP contribution in [0.1, 0.15) is 39.5 Å². The van der Waals surface area contributed by atoms with Crippen LogP contribution in [0.15, 0.2) is 0 Å². The van der Waals surface area contributed by atoms with Gasteiger partial charge >= 0.3 is 0 Å². The topological polar surface area (TPSA) is 66.6 Å². The largest absolute Gasteiger partial charge is 0.341 e. The average Bonchev–Trinajstić information content (AvgIpc) is 2.35. The van der Waals surface area contributed by atoms with E-state index in [1.807, 2.05) is 4.90 Å². The van der Waals surface area contributed by atoms with E-state index in [1.54, 1.807) is 4.90 Å². The highest BCUT2D eigenvalue weighted by atomic mass is 16.2. The van der Waals surface area contributed by atoms with Gasteiger partial charge in [-0.25, -0.2) is 0 Å². The summed E-state index contributed by atoms with van der Waals surface area (Å²) in [6.45, 7) is 6.57. The minimum Gasteiger partial charge on any atom is -0.341 e. The van der Waals surface area contributed by atoms with Gasteiger partial charge in [-0.15, -0.1) is 0 Å². The Morgan fingerprint density at radius 1 is 1.37 bits per heavy atom. The van der Waals surface area contributed by atoms with Crippen LogP contribution < -0.4 is 5.73 Å². The number of rotatable bonds is 2. The maximum Gasteiger partial charge on any atom is 0.242 e. The lowest BCUT2D eigenvalue weighted by Crippen LogP contribution is -2.56. The second-order valence-corrected chi connectivity index (χ2v) is 6.47. The van der Waals surface area contributed by atoms with Crippen molar-refractivity contribution in [2.45, 2.75) is 45.6 Å². The van der Waals surface area contributed by atoms with Crippen molar-refractivity contribution in [1.29, 1.82) is 0 Å². The third kappa shape index (κ3) is 3.26. The van der Waals surface area contributed by atoms with Gasteiger partial charge in [0, 0.05) is 32.1 Å². The van der Waals surface area contributed by atoms with Crippen LogP contribution in [0.2, 0.25) is 0 Å². The van der Waals surface area contributed by atoms with Crippen LogP contribution in [0, 0.1) is 5.41 Å². The molecule has 2 rings (SSSR count). The SMILES string of the molecule is CC1(C)CN(C(=O)CN2CCCCC2=O)CCC1N. The van der Waals surface area contributed by atoms with Gasteiger partial charge in [-0.2, -0.15) is 0 Å². The maximum absolute atomic E-state index is 12.3. The summed E-state index contributed by atoms with van der Waals surface area (Å²) in [6, 6.07) is 0.146. The van der Waals surface area contributed by atoms with Gasteiger partial charge in [0.15, 0.2) is 0 Å². The van der Waals surface area contributed by atoms with E-state index in [0.717, 1.165) is 25.8 Å². The van der Waals surface area contributed by atoms with Gasteiger partial charge in [-0.3, -0.25) is 9.59 Å². The van der Waals surface area contributed by atoms with Crippen LogP contribution in [0.3, 0.4) is 0 Å². The Hall–Kier alpha value is -1.10. The van der Waals surface area contributed by atoms with Crippen molar-refractivity contribution in [3.8, 4) is 0 Å². The number of likely N-dealkylation sites (tertiary alicyclic amines) is 2. The molecular formula is C14H25N3O2. The molecule has 0 bridgehead atoms. The fraction of sp³-hybridized carbons (Fsp3) is 0.857. The van der Waals surface area contributed by atoms with Crippen LogP contribution in [0.4, 0.5) is 0 Å². The molecule has 0 radical (unpaired) electrons. The number of hydrogen-bond acceptors (Lipinski definition) is 3. The molecule has 2 N–H and O–H groups in total. The van der Waals surface area contributed by atoms with Gasteiger partial charge in [0.05, 0.1) is 6.54 Å². The molecule has 2 saturated heterocycles. The normalized spacial score (nSPS) is 27.5. The molecule has 2 heterocycles. The van der Waals surface area contributed by atoms with Gasteiger partial charge in [-0.1, -0.05) is 13.8 Å². The lowest BCUT2D eigenvalue weighted by atomic mass is 9.79. The lowest BCUT2D eigenvalue weighted by molar-refractivity contribution is -0.143. The Morgan fingerprint density at radius 3 is 2.74 bits per heavy atom. The molecule has 1 unspecified atom stereocenters. The smallest absolute Gasteiger partial charge is 0.242 e. The first-order valence-corrected chi connectivity index (χ1v) is 7.21. The number of nitrogens with two attached hydrogens (primary N) is 1. The number of amides is 2. The zero-order chi connectivity index (χ0) is 14.0. The number of nitrogens with zero attached hydrogens (tertiary/aromatic N) is 2. The van der Waals surface area contributed by atoms with E-state index in [0.29, 0.717) is 19.5 Å². The Balaban J connectivity index is 1.91. The molecule has 5 heteroatoms. The predicted octanol–water partition coefficient (Wildman–Crippen LogP) is 0.585.